The van der Waals surface area contributed by atoms with Crippen LogP contribution in [0.2, 0.25) is 0 Å². The molecule has 0 N–H and O–H groups in total. The lowest BCUT2D eigenvalue weighted by Gasteiger charge is -2.21. The molecule has 1 aliphatic rings. The van der Waals surface area contributed by atoms with Crippen molar-refractivity contribution in [3.05, 3.63) is 74.6 Å². The van der Waals surface area contributed by atoms with Crippen LogP contribution in [0.15, 0.2) is 52.2 Å². The number of carbonyl (C=O) groups is 1. The van der Waals surface area contributed by atoms with Crippen molar-refractivity contribution in [1.82, 2.24) is 14.0 Å². The third-order valence-electron chi connectivity index (χ3n) is 4.34. The van der Waals surface area contributed by atoms with Gasteiger partial charge in [-0.25, -0.2) is 4.79 Å². The Labute approximate surface area is 145 Å². The van der Waals surface area contributed by atoms with Crippen molar-refractivity contribution in [3.8, 4) is 0 Å². The van der Waals surface area contributed by atoms with Crippen molar-refractivity contribution in [2.75, 3.05) is 0 Å². The largest absolute Gasteiger partial charge is 0.332 e. The second-order valence-electron chi connectivity index (χ2n) is 6.36. The normalized spacial score (nSPS) is 14.0. The van der Waals surface area contributed by atoms with Crippen LogP contribution < -0.4 is 11.2 Å². The van der Waals surface area contributed by atoms with E-state index in [1.165, 1.54) is 30.0 Å². The third kappa shape index (κ3) is 3.79. The topological polar surface area (TPSA) is 64.3 Å². The van der Waals surface area contributed by atoms with E-state index in [4.69, 9.17) is 0 Å². The van der Waals surface area contributed by atoms with Crippen molar-refractivity contribution in [1.29, 1.82) is 0 Å². The van der Waals surface area contributed by atoms with E-state index in [1.54, 1.807) is 7.05 Å². The van der Waals surface area contributed by atoms with Gasteiger partial charge in [0, 0.05) is 39.0 Å². The fraction of sp³-hybridized carbons (Fsp3) is 0.316. The summed E-state index contributed by atoms with van der Waals surface area (Å²) in [6.07, 6.45) is 6.38. The van der Waals surface area contributed by atoms with Gasteiger partial charge in [0.15, 0.2) is 0 Å². The number of carbonyl (C=O) groups excluding carboxylic acids is 1. The number of hydrogen-bond donors (Lipinski definition) is 0. The van der Waals surface area contributed by atoms with Gasteiger partial charge in [-0.2, -0.15) is 0 Å². The maximum Gasteiger partial charge on any atom is 0.330 e. The maximum atomic E-state index is 12.6. The summed E-state index contributed by atoms with van der Waals surface area (Å²) in [6.45, 7) is 0.556. The summed E-state index contributed by atoms with van der Waals surface area (Å²) < 4.78 is 2.36. The van der Waals surface area contributed by atoms with Crippen LogP contribution in [0, 0.1) is 0 Å². The molecule has 25 heavy (non-hydrogen) atoms. The number of hydrogen-bond acceptors (Lipinski definition) is 3. The lowest BCUT2D eigenvalue weighted by Crippen LogP contribution is -2.37. The van der Waals surface area contributed by atoms with E-state index in [0.29, 0.717) is 12.1 Å². The Bertz CT molecular complexity index is 921. The molecular formula is C19H21N3O3. The van der Waals surface area contributed by atoms with E-state index in [0.717, 1.165) is 23.0 Å². The van der Waals surface area contributed by atoms with Gasteiger partial charge in [-0.3, -0.25) is 14.2 Å². The minimum Gasteiger partial charge on any atom is -0.332 e. The summed E-state index contributed by atoms with van der Waals surface area (Å²) in [4.78, 5) is 38.3. The zero-order valence-corrected chi connectivity index (χ0v) is 14.4. The van der Waals surface area contributed by atoms with Gasteiger partial charge in [-0.05, 0) is 24.5 Å². The average molecular weight is 339 g/mol. The van der Waals surface area contributed by atoms with Crippen LogP contribution in [0.4, 0.5) is 0 Å². The van der Waals surface area contributed by atoms with Crippen molar-refractivity contribution < 1.29 is 4.79 Å². The SMILES string of the molecule is Cn1cc(/C=C/C(=O)N(Cc2ccccc2)C2CC2)c(=O)n(C)c1=O. The molecule has 6 nitrogen and oxygen atoms in total. The van der Waals surface area contributed by atoms with Gasteiger partial charge in [0.2, 0.25) is 5.91 Å². The molecule has 0 spiro atoms. The predicted molar refractivity (Wildman–Crippen MR) is 96.0 cm³/mol. The number of aryl methyl sites for hydroxylation is 1. The Morgan fingerprint density at radius 2 is 1.88 bits per heavy atom. The first-order valence-electron chi connectivity index (χ1n) is 8.26. The molecule has 1 heterocycles. The highest BCUT2D eigenvalue weighted by molar-refractivity contribution is 5.92. The molecule has 0 radical (unpaired) electrons. The first-order chi connectivity index (χ1) is 12.0. The molecule has 6 heteroatoms. The average Bonchev–Trinajstić information content (AvgIpc) is 3.45. The Morgan fingerprint density at radius 1 is 1.20 bits per heavy atom. The van der Waals surface area contributed by atoms with Gasteiger partial charge in [0.1, 0.15) is 0 Å². The molecule has 2 aromatic rings. The van der Waals surface area contributed by atoms with Gasteiger partial charge in [0.25, 0.3) is 5.56 Å². The van der Waals surface area contributed by atoms with Crippen molar-refractivity contribution in [2.45, 2.75) is 25.4 Å². The second kappa shape index (κ2) is 6.93. The van der Waals surface area contributed by atoms with Crippen LogP contribution in [-0.2, 0) is 25.4 Å². The van der Waals surface area contributed by atoms with E-state index < -0.39 is 11.2 Å². The van der Waals surface area contributed by atoms with Crippen molar-refractivity contribution >= 4 is 12.0 Å². The Hall–Kier alpha value is -2.89. The fourth-order valence-corrected chi connectivity index (χ4v) is 2.76. The first-order valence-corrected chi connectivity index (χ1v) is 8.26. The van der Waals surface area contributed by atoms with E-state index >= 15 is 0 Å². The zero-order chi connectivity index (χ0) is 18.0. The Kier molecular flexibility index (Phi) is 4.70. The van der Waals surface area contributed by atoms with Crippen LogP contribution >= 0.6 is 0 Å². The Balaban J connectivity index is 1.81. The summed E-state index contributed by atoms with van der Waals surface area (Å²) in [7, 11) is 3.00. The molecule has 1 aromatic heterocycles. The van der Waals surface area contributed by atoms with Crippen LogP contribution in [0.5, 0.6) is 0 Å². The van der Waals surface area contributed by atoms with Gasteiger partial charge in [-0.15, -0.1) is 0 Å². The summed E-state index contributed by atoms with van der Waals surface area (Å²) in [5, 5.41) is 0. The minimum atomic E-state index is -0.409. The lowest BCUT2D eigenvalue weighted by molar-refractivity contribution is -0.127. The lowest BCUT2D eigenvalue weighted by atomic mass is 10.2. The number of benzene rings is 1. The summed E-state index contributed by atoms with van der Waals surface area (Å²) in [6, 6.07) is 10.1. The number of aromatic nitrogens is 2. The van der Waals surface area contributed by atoms with Crippen LogP contribution in [0.3, 0.4) is 0 Å². The van der Waals surface area contributed by atoms with E-state index in [2.05, 4.69) is 0 Å². The highest BCUT2D eigenvalue weighted by Gasteiger charge is 2.31. The third-order valence-corrected chi connectivity index (χ3v) is 4.34. The van der Waals surface area contributed by atoms with Crippen LogP contribution in [0.1, 0.15) is 24.0 Å². The Morgan fingerprint density at radius 3 is 2.52 bits per heavy atom. The van der Waals surface area contributed by atoms with Crippen molar-refractivity contribution in [3.63, 3.8) is 0 Å². The molecule has 3 rings (SSSR count). The monoisotopic (exact) mass is 339 g/mol. The molecule has 0 aliphatic heterocycles. The molecule has 1 fully saturated rings. The molecule has 0 atom stereocenters. The number of amides is 1. The van der Waals surface area contributed by atoms with E-state index in [-0.39, 0.29) is 11.9 Å². The molecule has 0 saturated heterocycles. The first kappa shape index (κ1) is 17.0. The second-order valence-corrected chi connectivity index (χ2v) is 6.36. The number of rotatable bonds is 5. The molecular weight excluding hydrogens is 318 g/mol. The van der Waals surface area contributed by atoms with Gasteiger partial charge in [-0.1, -0.05) is 30.3 Å². The molecule has 1 aliphatic carbocycles. The van der Waals surface area contributed by atoms with Gasteiger partial charge in [0.05, 0.1) is 5.56 Å². The molecule has 130 valence electrons. The minimum absolute atomic E-state index is 0.123. The fourth-order valence-electron chi connectivity index (χ4n) is 2.76. The highest BCUT2D eigenvalue weighted by Crippen LogP contribution is 2.28. The predicted octanol–water partition coefficient (Wildman–Crippen LogP) is 1.29. The maximum absolute atomic E-state index is 12.6. The molecule has 0 bridgehead atoms. The molecule has 1 aromatic carbocycles. The van der Waals surface area contributed by atoms with Crippen LogP contribution in [-0.4, -0.2) is 26.0 Å². The highest BCUT2D eigenvalue weighted by atomic mass is 16.2. The number of nitrogens with zero attached hydrogens (tertiary/aromatic N) is 3. The summed E-state index contributed by atoms with van der Waals surface area (Å²) in [5.74, 6) is -0.123. The van der Waals surface area contributed by atoms with Crippen molar-refractivity contribution in [2.24, 2.45) is 14.1 Å². The molecule has 1 amide bonds. The molecule has 1 saturated carbocycles. The summed E-state index contributed by atoms with van der Waals surface area (Å²) >= 11 is 0. The van der Waals surface area contributed by atoms with E-state index in [9.17, 15) is 14.4 Å². The standard InChI is InChI=1S/C19H21N3O3/c1-20-13-15(18(24)21(2)19(20)25)8-11-17(23)22(16-9-10-16)12-14-6-4-3-5-7-14/h3-8,11,13,16H,9-10,12H2,1-2H3/b11-8+. The van der Waals surface area contributed by atoms with Gasteiger partial charge >= 0.3 is 5.69 Å². The smallest absolute Gasteiger partial charge is 0.330 e. The van der Waals surface area contributed by atoms with Gasteiger partial charge < -0.3 is 9.47 Å². The zero-order valence-electron chi connectivity index (χ0n) is 14.4. The van der Waals surface area contributed by atoms with E-state index in [1.807, 2.05) is 35.2 Å². The summed E-state index contributed by atoms with van der Waals surface area (Å²) in [5.41, 5.74) is 0.591. The quantitative estimate of drug-likeness (QED) is 0.771. The van der Waals surface area contributed by atoms with Crippen LogP contribution in [0.25, 0.3) is 6.08 Å². The molecule has 0 unspecified atom stereocenters.